The Bertz CT molecular complexity index is 1460. The Morgan fingerprint density at radius 1 is 0.766 bits per heavy atom. The first-order valence-electron chi connectivity index (χ1n) is 17.1. The lowest BCUT2D eigenvalue weighted by molar-refractivity contribution is -0.140. The van der Waals surface area contributed by atoms with Gasteiger partial charge in [-0.15, -0.1) is 0 Å². The van der Waals surface area contributed by atoms with Gasteiger partial charge in [-0.25, -0.2) is 4.79 Å². The molecule has 47 heavy (non-hydrogen) atoms. The Morgan fingerprint density at radius 2 is 1.36 bits per heavy atom. The van der Waals surface area contributed by atoms with Crippen LogP contribution in [0.25, 0.3) is 0 Å². The molecule has 0 spiro atoms. The SMILES string of the molecule is CCCCCCCCN(C(=O)C(Cc1ccccc1)NC(=O)OC(C)(C)C)C(C(=O)Nc1c(C)cccc1C)c1cccc(C)c1C. The fourth-order valence-electron chi connectivity index (χ4n) is 5.85. The summed E-state index contributed by atoms with van der Waals surface area (Å²) in [6.07, 6.45) is 5.76. The van der Waals surface area contributed by atoms with Crippen LogP contribution in [0.3, 0.4) is 0 Å². The molecule has 0 radical (unpaired) electrons. The summed E-state index contributed by atoms with van der Waals surface area (Å²) in [5, 5.41) is 6.07. The van der Waals surface area contributed by atoms with E-state index in [1.165, 1.54) is 6.42 Å². The molecule has 0 bridgehead atoms. The number of unbranched alkanes of at least 4 members (excludes halogenated alkanes) is 5. The van der Waals surface area contributed by atoms with Gasteiger partial charge in [0, 0.05) is 18.7 Å². The van der Waals surface area contributed by atoms with Gasteiger partial charge in [0.25, 0.3) is 5.91 Å². The monoisotopic (exact) mass is 641 g/mol. The van der Waals surface area contributed by atoms with Gasteiger partial charge < -0.3 is 20.3 Å². The van der Waals surface area contributed by atoms with Gasteiger partial charge in [0.15, 0.2) is 0 Å². The molecule has 7 nitrogen and oxygen atoms in total. The zero-order chi connectivity index (χ0) is 34.6. The Morgan fingerprint density at radius 3 is 2.00 bits per heavy atom. The normalized spacial score (nSPS) is 12.6. The van der Waals surface area contributed by atoms with E-state index < -0.39 is 23.8 Å². The number of anilines is 1. The molecule has 3 amide bonds. The van der Waals surface area contributed by atoms with E-state index in [0.29, 0.717) is 6.54 Å². The Balaban J connectivity index is 2.12. The molecule has 2 unspecified atom stereocenters. The minimum absolute atomic E-state index is 0.254. The largest absolute Gasteiger partial charge is 0.444 e. The third kappa shape index (κ3) is 11.3. The molecule has 0 heterocycles. The molecule has 0 aromatic heterocycles. The number of benzene rings is 3. The summed E-state index contributed by atoms with van der Waals surface area (Å²) in [4.78, 5) is 44.3. The Kier molecular flexibility index (Phi) is 14.1. The van der Waals surface area contributed by atoms with Crippen molar-refractivity contribution in [2.45, 2.75) is 118 Å². The number of rotatable bonds is 15. The molecule has 3 rings (SSSR count). The van der Waals surface area contributed by atoms with E-state index in [2.05, 4.69) is 17.6 Å². The maximum absolute atomic E-state index is 14.9. The topological polar surface area (TPSA) is 87.7 Å². The van der Waals surface area contributed by atoms with Crippen molar-refractivity contribution in [3.05, 3.63) is 100 Å². The number of ether oxygens (including phenoxy) is 1. The molecule has 3 aromatic carbocycles. The highest BCUT2D eigenvalue weighted by molar-refractivity contribution is 6.00. The van der Waals surface area contributed by atoms with E-state index >= 15 is 0 Å². The summed E-state index contributed by atoms with van der Waals surface area (Å²) >= 11 is 0. The molecule has 2 atom stereocenters. The average molecular weight is 642 g/mol. The van der Waals surface area contributed by atoms with Crippen LogP contribution >= 0.6 is 0 Å². The second-order valence-electron chi connectivity index (χ2n) is 13.6. The zero-order valence-electron chi connectivity index (χ0n) is 29.7. The van der Waals surface area contributed by atoms with Crippen molar-refractivity contribution < 1.29 is 19.1 Å². The summed E-state index contributed by atoms with van der Waals surface area (Å²) in [5.74, 6) is -0.609. The molecule has 254 valence electrons. The number of hydrogen-bond donors (Lipinski definition) is 2. The van der Waals surface area contributed by atoms with Gasteiger partial charge in [-0.2, -0.15) is 0 Å². The van der Waals surface area contributed by atoms with Gasteiger partial charge in [-0.1, -0.05) is 106 Å². The first kappa shape index (κ1) is 37.3. The highest BCUT2D eigenvalue weighted by atomic mass is 16.6. The summed E-state index contributed by atoms with van der Waals surface area (Å²) in [6, 6.07) is 19.5. The lowest BCUT2D eigenvalue weighted by Gasteiger charge is -2.35. The second-order valence-corrected chi connectivity index (χ2v) is 13.6. The third-order valence-corrected chi connectivity index (χ3v) is 8.54. The molecule has 2 N–H and O–H groups in total. The van der Waals surface area contributed by atoms with Crippen LogP contribution in [0.5, 0.6) is 0 Å². The number of carbonyl (C=O) groups is 3. The van der Waals surface area contributed by atoms with Crippen LogP contribution in [0.4, 0.5) is 10.5 Å². The number of carbonyl (C=O) groups excluding carboxylic acids is 3. The van der Waals surface area contributed by atoms with Gasteiger partial charge >= 0.3 is 6.09 Å². The first-order chi connectivity index (χ1) is 22.3. The van der Waals surface area contributed by atoms with E-state index in [0.717, 1.165) is 71.2 Å². The highest BCUT2D eigenvalue weighted by Gasteiger charge is 2.37. The number of hydrogen-bond acceptors (Lipinski definition) is 4. The number of amides is 3. The molecule has 0 saturated heterocycles. The average Bonchev–Trinajstić information content (AvgIpc) is 3.01. The summed E-state index contributed by atoms with van der Waals surface area (Å²) in [7, 11) is 0. The molecule has 0 aliphatic heterocycles. The second kappa shape index (κ2) is 17.7. The van der Waals surface area contributed by atoms with Crippen molar-refractivity contribution in [3.8, 4) is 0 Å². The number of nitrogens with one attached hydrogen (secondary N) is 2. The quantitative estimate of drug-likeness (QED) is 0.162. The standard InChI is InChI=1S/C40H55N3O4/c1-9-10-11-12-13-17-26-43(38(45)34(27-32-23-15-14-16-24-32)41-39(46)47-40(6,7)8)36(33-25-19-20-28(2)31(33)5)37(44)42-35-29(3)21-18-22-30(35)4/h14-16,18-25,34,36H,9-13,17,26-27H2,1-8H3,(H,41,46)(H,42,44). The van der Waals surface area contributed by atoms with Crippen LogP contribution in [-0.4, -0.2) is 41.0 Å². The van der Waals surface area contributed by atoms with Crippen molar-refractivity contribution in [2.75, 3.05) is 11.9 Å². The minimum Gasteiger partial charge on any atom is -0.444 e. The Hall–Kier alpha value is -4.13. The van der Waals surface area contributed by atoms with Crippen LogP contribution in [-0.2, 0) is 20.7 Å². The first-order valence-corrected chi connectivity index (χ1v) is 17.1. The predicted octanol–water partition coefficient (Wildman–Crippen LogP) is 8.93. The maximum atomic E-state index is 14.9. The molecular formula is C40H55N3O4. The van der Waals surface area contributed by atoms with E-state index in [-0.39, 0.29) is 18.2 Å². The van der Waals surface area contributed by atoms with Crippen LogP contribution in [0, 0.1) is 27.7 Å². The van der Waals surface area contributed by atoms with E-state index in [1.54, 1.807) is 25.7 Å². The number of para-hydroxylation sites is 1. The fourth-order valence-corrected chi connectivity index (χ4v) is 5.85. The van der Waals surface area contributed by atoms with Gasteiger partial charge in [0.05, 0.1) is 0 Å². The molecule has 7 heteroatoms. The summed E-state index contributed by atoms with van der Waals surface area (Å²) in [6.45, 7) is 15.9. The molecule has 0 aliphatic rings. The van der Waals surface area contributed by atoms with Crippen LogP contribution in [0.15, 0.2) is 66.7 Å². The molecule has 0 fully saturated rings. The van der Waals surface area contributed by atoms with Gasteiger partial charge in [-0.05, 0) is 88.3 Å². The molecule has 3 aromatic rings. The number of alkyl carbamates (subject to hydrolysis) is 1. The van der Waals surface area contributed by atoms with Crippen molar-refractivity contribution in [1.29, 1.82) is 0 Å². The van der Waals surface area contributed by atoms with E-state index in [9.17, 15) is 14.4 Å². The number of nitrogens with zero attached hydrogens (tertiary/aromatic N) is 1. The summed E-state index contributed by atoms with van der Waals surface area (Å²) < 4.78 is 5.60. The molecular weight excluding hydrogens is 586 g/mol. The van der Waals surface area contributed by atoms with Crippen molar-refractivity contribution in [3.63, 3.8) is 0 Å². The number of aryl methyl sites for hydroxylation is 3. The zero-order valence-corrected chi connectivity index (χ0v) is 29.7. The smallest absolute Gasteiger partial charge is 0.408 e. The highest BCUT2D eigenvalue weighted by Crippen LogP contribution is 2.31. The lowest BCUT2D eigenvalue weighted by atomic mass is 9.94. The van der Waals surface area contributed by atoms with Gasteiger partial charge in [0.1, 0.15) is 17.7 Å². The summed E-state index contributed by atoms with van der Waals surface area (Å²) in [5.41, 5.74) is 5.54. The lowest BCUT2D eigenvalue weighted by Crippen LogP contribution is -2.53. The van der Waals surface area contributed by atoms with Crippen molar-refractivity contribution >= 4 is 23.6 Å². The van der Waals surface area contributed by atoms with Gasteiger partial charge in [0.2, 0.25) is 5.91 Å². The third-order valence-electron chi connectivity index (χ3n) is 8.54. The fraction of sp³-hybridized carbons (Fsp3) is 0.475. The Labute approximate surface area is 282 Å². The van der Waals surface area contributed by atoms with Crippen LogP contribution in [0.2, 0.25) is 0 Å². The molecule has 0 saturated carbocycles. The maximum Gasteiger partial charge on any atom is 0.408 e. The molecule has 0 aliphatic carbocycles. The van der Waals surface area contributed by atoms with E-state index in [4.69, 9.17) is 4.74 Å². The van der Waals surface area contributed by atoms with E-state index in [1.807, 2.05) is 94.4 Å². The van der Waals surface area contributed by atoms with Crippen molar-refractivity contribution in [1.82, 2.24) is 10.2 Å². The van der Waals surface area contributed by atoms with Gasteiger partial charge in [-0.3, -0.25) is 9.59 Å². The van der Waals surface area contributed by atoms with Crippen molar-refractivity contribution in [2.24, 2.45) is 0 Å². The van der Waals surface area contributed by atoms with Crippen LogP contribution in [0.1, 0.15) is 106 Å². The van der Waals surface area contributed by atoms with Crippen LogP contribution < -0.4 is 10.6 Å². The minimum atomic E-state index is -0.951. The predicted molar refractivity (Wildman–Crippen MR) is 192 cm³/mol.